The van der Waals surface area contributed by atoms with Crippen molar-refractivity contribution in [2.75, 3.05) is 0 Å². The molecule has 1 aromatic carbocycles. The molecule has 2 aromatic heterocycles. The van der Waals surface area contributed by atoms with Crippen LogP contribution in [0.25, 0.3) is 11.0 Å². The Hall–Kier alpha value is -1.65. The van der Waals surface area contributed by atoms with Gasteiger partial charge in [-0.25, -0.2) is 4.98 Å². The van der Waals surface area contributed by atoms with Gasteiger partial charge in [-0.3, -0.25) is 4.79 Å². The lowest BCUT2D eigenvalue weighted by atomic mass is 10.0. The zero-order valence-electron chi connectivity index (χ0n) is 10.6. The third-order valence-electron chi connectivity index (χ3n) is 3.18. The van der Waals surface area contributed by atoms with E-state index in [1.165, 1.54) is 0 Å². The van der Waals surface area contributed by atoms with Gasteiger partial charge in [-0.05, 0) is 40.5 Å². The number of ketones is 1. The number of H-pyrrole nitrogens is 1. The summed E-state index contributed by atoms with van der Waals surface area (Å²) in [6, 6.07) is 7.21. The third-order valence-corrected chi connectivity index (χ3v) is 4.02. The summed E-state index contributed by atoms with van der Waals surface area (Å²) >= 11 is 9.45. The Bertz CT molecular complexity index is 826. The summed E-state index contributed by atoms with van der Waals surface area (Å²) in [6.45, 7) is 1.91. The first-order chi connectivity index (χ1) is 9.56. The lowest BCUT2D eigenvalue weighted by Gasteiger charge is -2.03. The van der Waals surface area contributed by atoms with Crippen LogP contribution in [0.5, 0.6) is 0 Å². The molecule has 0 unspecified atom stereocenters. The number of nitrogens with one attached hydrogen (secondary N) is 1. The fourth-order valence-electron chi connectivity index (χ4n) is 2.06. The molecule has 0 radical (unpaired) electrons. The molecule has 3 aromatic rings. The Labute approximate surface area is 129 Å². The average Bonchev–Trinajstić information content (AvgIpc) is 2.84. The molecule has 0 bridgehead atoms. The average molecular weight is 350 g/mol. The zero-order chi connectivity index (χ0) is 14.3. The summed E-state index contributed by atoms with van der Waals surface area (Å²) in [5, 5.41) is 1.39. The number of benzene rings is 1. The van der Waals surface area contributed by atoms with E-state index in [0.29, 0.717) is 21.8 Å². The molecule has 3 rings (SSSR count). The summed E-state index contributed by atoms with van der Waals surface area (Å²) in [5.74, 6) is -0.0712. The highest BCUT2D eigenvalue weighted by atomic mass is 79.9. The molecule has 0 saturated carbocycles. The summed E-state index contributed by atoms with van der Waals surface area (Å²) in [7, 11) is 0. The largest absolute Gasteiger partial charge is 0.345 e. The van der Waals surface area contributed by atoms with Crippen LogP contribution in [0.2, 0.25) is 5.02 Å². The molecular weight excluding hydrogens is 340 g/mol. The van der Waals surface area contributed by atoms with Gasteiger partial charge < -0.3 is 4.98 Å². The highest BCUT2D eigenvalue weighted by Crippen LogP contribution is 2.24. The molecule has 2 heterocycles. The Balaban J connectivity index is 2.12. The van der Waals surface area contributed by atoms with Crippen LogP contribution in [0.4, 0.5) is 0 Å². The lowest BCUT2D eigenvalue weighted by molar-refractivity contribution is 0.104. The topological polar surface area (TPSA) is 45.8 Å². The van der Waals surface area contributed by atoms with Gasteiger partial charge in [-0.2, -0.15) is 0 Å². The molecule has 0 aliphatic rings. The Morgan fingerprint density at radius 1 is 1.35 bits per heavy atom. The number of aromatic amines is 1. The van der Waals surface area contributed by atoms with Crippen LogP contribution < -0.4 is 0 Å². The maximum Gasteiger partial charge on any atom is 0.195 e. The molecule has 5 heteroatoms. The van der Waals surface area contributed by atoms with Gasteiger partial charge in [0.15, 0.2) is 5.78 Å². The number of aryl methyl sites for hydroxylation is 1. The van der Waals surface area contributed by atoms with Crippen molar-refractivity contribution in [3.05, 3.63) is 62.8 Å². The molecule has 0 fully saturated rings. The van der Waals surface area contributed by atoms with Gasteiger partial charge in [0.2, 0.25) is 0 Å². The van der Waals surface area contributed by atoms with Crippen molar-refractivity contribution in [3.8, 4) is 0 Å². The van der Waals surface area contributed by atoms with Crippen LogP contribution in [0.15, 0.2) is 41.1 Å². The van der Waals surface area contributed by atoms with E-state index >= 15 is 0 Å². The van der Waals surface area contributed by atoms with Gasteiger partial charge in [0.25, 0.3) is 0 Å². The first-order valence-corrected chi connectivity index (χ1v) is 7.17. The fourth-order valence-corrected chi connectivity index (χ4v) is 2.57. The molecule has 0 aliphatic heterocycles. The van der Waals surface area contributed by atoms with Crippen molar-refractivity contribution < 1.29 is 4.79 Å². The predicted molar refractivity (Wildman–Crippen MR) is 83.4 cm³/mol. The second-order valence-corrected chi connectivity index (χ2v) is 5.87. The molecular formula is C15H10BrClN2O. The smallest absolute Gasteiger partial charge is 0.195 e. The molecule has 0 aliphatic carbocycles. The number of carbonyl (C=O) groups is 1. The first kappa shape index (κ1) is 13.3. The quantitative estimate of drug-likeness (QED) is 0.691. The van der Waals surface area contributed by atoms with E-state index < -0.39 is 0 Å². The highest BCUT2D eigenvalue weighted by Gasteiger charge is 2.15. The second-order valence-electron chi connectivity index (χ2n) is 4.55. The molecule has 0 saturated heterocycles. The Morgan fingerprint density at radius 2 is 2.15 bits per heavy atom. The van der Waals surface area contributed by atoms with Gasteiger partial charge in [0, 0.05) is 38.4 Å². The summed E-state index contributed by atoms with van der Waals surface area (Å²) in [6.07, 6.45) is 3.37. The van der Waals surface area contributed by atoms with Gasteiger partial charge >= 0.3 is 0 Å². The van der Waals surface area contributed by atoms with Crippen LogP contribution in [0, 0.1) is 6.92 Å². The molecule has 0 atom stereocenters. The van der Waals surface area contributed by atoms with E-state index in [-0.39, 0.29) is 5.78 Å². The fraction of sp³-hybridized carbons (Fsp3) is 0.0667. The Morgan fingerprint density at radius 3 is 2.90 bits per heavy atom. The van der Waals surface area contributed by atoms with Crippen LogP contribution in [0.3, 0.4) is 0 Å². The third kappa shape index (κ3) is 2.25. The number of pyridine rings is 1. The second kappa shape index (κ2) is 5.04. The molecule has 1 N–H and O–H groups in total. The minimum atomic E-state index is -0.0712. The van der Waals surface area contributed by atoms with Crippen molar-refractivity contribution in [1.29, 1.82) is 0 Å². The summed E-state index contributed by atoms with van der Waals surface area (Å²) in [4.78, 5) is 19.8. The van der Waals surface area contributed by atoms with Gasteiger partial charge in [0.05, 0.1) is 0 Å². The summed E-state index contributed by atoms with van der Waals surface area (Å²) in [5.41, 5.74) is 2.80. The number of rotatable bonds is 2. The van der Waals surface area contributed by atoms with Gasteiger partial charge in [-0.15, -0.1) is 0 Å². The van der Waals surface area contributed by atoms with Crippen molar-refractivity contribution in [2.24, 2.45) is 0 Å². The minimum Gasteiger partial charge on any atom is -0.345 e. The number of fused-ring (bicyclic) bond motifs is 1. The van der Waals surface area contributed by atoms with E-state index in [1.807, 2.05) is 19.1 Å². The van der Waals surface area contributed by atoms with E-state index in [1.54, 1.807) is 24.5 Å². The van der Waals surface area contributed by atoms with E-state index in [9.17, 15) is 4.79 Å². The van der Waals surface area contributed by atoms with Crippen LogP contribution in [0.1, 0.15) is 21.5 Å². The summed E-state index contributed by atoms with van der Waals surface area (Å²) < 4.78 is 0.834. The van der Waals surface area contributed by atoms with E-state index in [0.717, 1.165) is 15.4 Å². The van der Waals surface area contributed by atoms with Crippen molar-refractivity contribution in [2.45, 2.75) is 6.92 Å². The van der Waals surface area contributed by atoms with Gasteiger partial charge in [-0.1, -0.05) is 23.7 Å². The molecule has 20 heavy (non-hydrogen) atoms. The van der Waals surface area contributed by atoms with Crippen LogP contribution >= 0.6 is 27.5 Å². The number of halogens is 2. The Kier molecular flexibility index (Phi) is 3.36. The van der Waals surface area contributed by atoms with Gasteiger partial charge in [0.1, 0.15) is 5.65 Å². The minimum absolute atomic E-state index is 0.0712. The molecule has 0 amide bonds. The number of hydrogen-bond acceptors (Lipinski definition) is 2. The standard InChI is InChI=1S/C15H10BrClN2O/c1-8-2-3-9(4-13(8)17)14(20)12-7-19-15-11(12)5-10(16)6-18-15/h2-7H,1H3,(H,18,19). The number of aromatic nitrogens is 2. The number of nitrogens with zero attached hydrogens (tertiary/aromatic N) is 1. The molecule has 0 spiro atoms. The van der Waals surface area contributed by atoms with E-state index in [4.69, 9.17) is 11.6 Å². The first-order valence-electron chi connectivity index (χ1n) is 6.00. The molecule has 100 valence electrons. The normalized spacial score (nSPS) is 10.9. The maximum atomic E-state index is 12.6. The van der Waals surface area contributed by atoms with E-state index in [2.05, 4.69) is 25.9 Å². The number of hydrogen-bond donors (Lipinski definition) is 1. The van der Waals surface area contributed by atoms with Crippen LogP contribution in [-0.4, -0.2) is 15.8 Å². The van der Waals surface area contributed by atoms with Crippen LogP contribution in [-0.2, 0) is 0 Å². The maximum absolute atomic E-state index is 12.6. The van der Waals surface area contributed by atoms with Crippen molar-refractivity contribution >= 4 is 44.3 Å². The highest BCUT2D eigenvalue weighted by molar-refractivity contribution is 9.10. The zero-order valence-corrected chi connectivity index (χ0v) is 12.9. The van der Waals surface area contributed by atoms with Crippen molar-refractivity contribution in [3.63, 3.8) is 0 Å². The predicted octanol–water partition coefficient (Wildman–Crippen LogP) is 4.52. The van der Waals surface area contributed by atoms with Crippen molar-refractivity contribution in [1.82, 2.24) is 9.97 Å². The SMILES string of the molecule is Cc1ccc(C(=O)c2c[nH]c3ncc(Br)cc23)cc1Cl. The lowest BCUT2D eigenvalue weighted by Crippen LogP contribution is -2.00. The number of carbonyl (C=O) groups excluding carboxylic acids is 1. The molecule has 3 nitrogen and oxygen atoms in total. The monoisotopic (exact) mass is 348 g/mol.